The number of rotatable bonds is 5. The molecule has 1 unspecified atom stereocenters. The second kappa shape index (κ2) is 6.94. The van der Waals surface area contributed by atoms with Crippen LogP contribution < -0.4 is 5.32 Å². The van der Waals surface area contributed by atoms with E-state index in [0.717, 1.165) is 17.0 Å². The lowest BCUT2D eigenvalue weighted by atomic mass is 10.1. The summed E-state index contributed by atoms with van der Waals surface area (Å²) in [5.41, 5.74) is 3.07. The van der Waals surface area contributed by atoms with Crippen LogP contribution in [0.25, 0.3) is 5.82 Å². The van der Waals surface area contributed by atoms with Gasteiger partial charge in [0.05, 0.1) is 18.2 Å². The highest BCUT2D eigenvalue weighted by Gasteiger charge is 2.21. The van der Waals surface area contributed by atoms with Gasteiger partial charge in [-0.25, -0.2) is 0 Å². The van der Waals surface area contributed by atoms with Crippen LogP contribution in [0.1, 0.15) is 39.1 Å². The van der Waals surface area contributed by atoms with E-state index in [2.05, 4.69) is 10.5 Å². The average Bonchev–Trinajstić information content (AvgIpc) is 3.16. The Morgan fingerprint density at radius 1 is 1.24 bits per heavy atom. The largest absolute Gasteiger partial charge is 0.394 e. The van der Waals surface area contributed by atoms with Crippen molar-refractivity contribution in [3.05, 3.63) is 70.7 Å². The van der Waals surface area contributed by atoms with Crippen LogP contribution >= 0.6 is 0 Å². The number of amides is 1. The SMILES string of the molecule is Cc1cc(-n2c(C)cc(C(=O)NC(CO)c3ccccc3)c2C)no1. The first kappa shape index (κ1) is 17.0. The summed E-state index contributed by atoms with van der Waals surface area (Å²) in [4.78, 5) is 12.7. The van der Waals surface area contributed by atoms with E-state index in [1.54, 1.807) is 0 Å². The number of nitrogens with one attached hydrogen (secondary N) is 1. The summed E-state index contributed by atoms with van der Waals surface area (Å²) >= 11 is 0. The molecule has 0 aliphatic rings. The van der Waals surface area contributed by atoms with Crippen molar-refractivity contribution >= 4 is 5.91 Å². The second-order valence-electron chi connectivity index (χ2n) is 6.04. The van der Waals surface area contributed by atoms with E-state index >= 15 is 0 Å². The predicted octanol–water partition coefficient (Wildman–Crippen LogP) is 2.85. The molecule has 2 aromatic heterocycles. The molecule has 6 heteroatoms. The van der Waals surface area contributed by atoms with Gasteiger partial charge in [0.1, 0.15) is 5.76 Å². The molecule has 2 heterocycles. The number of nitrogens with zero attached hydrogens (tertiary/aromatic N) is 2. The first-order chi connectivity index (χ1) is 12.0. The van der Waals surface area contributed by atoms with E-state index in [4.69, 9.17) is 4.52 Å². The molecular weight excluding hydrogens is 318 g/mol. The van der Waals surface area contributed by atoms with Gasteiger partial charge in [0, 0.05) is 17.5 Å². The maximum atomic E-state index is 12.7. The van der Waals surface area contributed by atoms with Gasteiger partial charge in [0.15, 0.2) is 5.82 Å². The molecule has 1 atom stereocenters. The molecule has 0 aliphatic heterocycles. The minimum atomic E-state index is -0.453. The van der Waals surface area contributed by atoms with Gasteiger partial charge >= 0.3 is 0 Å². The highest BCUT2D eigenvalue weighted by Crippen LogP contribution is 2.22. The van der Waals surface area contributed by atoms with Crippen LogP contribution in [-0.4, -0.2) is 27.3 Å². The normalized spacial score (nSPS) is 12.2. The van der Waals surface area contributed by atoms with Crippen LogP contribution in [0.15, 0.2) is 47.0 Å². The maximum Gasteiger partial charge on any atom is 0.253 e. The molecule has 0 saturated carbocycles. The van der Waals surface area contributed by atoms with Crippen LogP contribution in [0.5, 0.6) is 0 Å². The minimum absolute atomic E-state index is 0.170. The summed E-state index contributed by atoms with van der Waals surface area (Å²) in [6, 6.07) is 12.6. The minimum Gasteiger partial charge on any atom is -0.394 e. The number of aryl methyl sites for hydroxylation is 2. The number of benzene rings is 1. The number of aliphatic hydroxyl groups is 1. The van der Waals surface area contributed by atoms with Gasteiger partial charge in [-0.1, -0.05) is 35.5 Å². The Hall–Kier alpha value is -2.86. The molecule has 130 valence electrons. The van der Waals surface area contributed by atoms with E-state index in [0.29, 0.717) is 17.1 Å². The Morgan fingerprint density at radius 2 is 1.96 bits per heavy atom. The lowest BCUT2D eigenvalue weighted by molar-refractivity contribution is 0.0915. The van der Waals surface area contributed by atoms with E-state index in [-0.39, 0.29) is 12.5 Å². The Morgan fingerprint density at radius 3 is 2.56 bits per heavy atom. The molecular formula is C19H21N3O3. The molecule has 0 saturated heterocycles. The molecule has 3 aromatic rings. The van der Waals surface area contributed by atoms with E-state index in [9.17, 15) is 9.90 Å². The topological polar surface area (TPSA) is 80.3 Å². The number of aromatic nitrogens is 2. The van der Waals surface area contributed by atoms with E-state index < -0.39 is 6.04 Å². The number of hydrogen-bond donors (Lipinski definition) is 2. The fourth-order valence-corrected chi connectivity index (χ4v) is 2.96. The fourth-order valence-electron chi connectivity index (χ4n) is 2.96. The third kappa shape index (κ3) is 3.34. The van der Waals surface area contributed by atoms with Crippen molar-refractivity contribution in [3.63, 3.8) is 0 Å². The van der Waals surface area contributed by atoms with Crippen LogP contribution in [0.2, 0.25) is 0 Å². The van der Waals surface area contributed by atoms with Crippen LogP contribution in [0, 0.1) is 20.8 Å². The Kier molecular flexibility index (Phi) is 4.72. The maximum absolute atomic E-state index is 12.7. The van der Waals surface area contributed by atoms with E-state index in [1.165, 1.54) is 0 Å². The molecule has 25 heavy (non-hydrogen) atoms. The molecule has 3 rings (SSSR count). The van der Waals surface area contributed by atoms with Gasteiger partial charge in [-0.15, -0.1) is 0 Å². The Labute approximate surface area is 146 Å². The molecule has 0 radical (unpaired) electrons. The quantitative estimate of drug-likeness (QED) is 0.749. The van der Waals surface area contributed by atoms with Crippen molar-refractivity contribution in [2.24, 2.45) is 0 Å². The van der Waals surface area contributed by atoms with Crippen LogP contribution in [0.3, 0.4) is 0 Å². The monoisotopic (exact) mass is 339 g/mol. The number of carbonyl (C=O) groups is 1. The number of carbonyl (C=O) groups excluding carboxylic acids is 1. The molecule has 0 fully saturated rings. The van der Waals surface area contributed by atoms with Crippen molar-refractivity contribution < 1.29 is 14.4 Å². The summed E-state index contributed by atoms with van der Waals surface area (Å²) in [7, 11) is 0. The summed E-state index contributed by atoms with van der Waals surface area (Å²) in [6.07, 6.45) is 0. The third-order valence-corrected chi connectivity index (χ3v) is 4.21. The number of hydrogen-bond acceptors (Lipinski definition) is 4. The second-order valence-corrected chi connectivity index (χ2v) is 6.04. The zero-order valence-electron chi connectivity index (χ0n) is 14.5. The van der Waals surface area contributed by atoms with Crippen LogP contribution in [0.4, 0.5) is 0 Å². The highest BCUT2D eigenvalue weighted by atomic mass is 16.5. The summed E-state index contributed by atoms with van der Waals surface area (Å²) in [6.45, 7) is 5.43. The standard InChI is InChI=1S/C19H21N3O3/c1-12-9-16(14(3)22(12)18-10-13(2)25-21-18)19(24)20-17(11-23)15-7-5-4-6-8-15/h4-10,17,23H,11H2,1-3H3,(H,20,24). The van der Waals surface area contributed by atoms with Gasteiger partial charge < -0.3 is 14.9 Å². The summed E-state index contributed by atoms with van der Waals surface area (Å²) in [5.74, 6) is 1.12. The van der Waals surface area contributed by atoms with Crippen molar-refractivity contribution in [2.75, 3.05) is 6.61 Å². The lowest BCUT2D eigenvalue weighted by Crippen LogP contribution is -2.31. The molecule has 0 aliphatic carbocycles. The van der Waals surface area contributed by atoms with Gasteiger partial charge in [-0.2, -0.15) is 0 Å². The van der Waals surface area contributed by atoms with Gasteiger partial charge in [-0.3, -0.25) is 9.36 Å². The average molecular weight is 339 g/mol. The Balaban J connectivity index is 1.88. The Bertz CT molecular complexity index is 881. The van der Waals surface area contributed by atoms with Gasteiger partial charge in [0.25, 0.3) is 5.91 Å². The van der Waals surface area contributed by atoms with Crippen molar-refractivity contribution in [2.45, 2.75) is 26.8 Å². The molecule has 0 spiro atoms. The molecule has 1 amide bonds. The van der Waals surface area contributed by atoms with Crippen LogP contribution in [-0.2, 0) is 0 Å². The molecule has 2 N–H and O–H groups in total. The molecule has 6 nitrogen and oxygen atoms in total. The number of aliphatic hydroxyl groups excluding tert-OH is 1. The summed E-state index contributed by atoms with van der Waals surface area (Å²) < 4.78 is 7.01. The summed E-state index contributed by atoms with van der Waals surface area (Å²) in [5, 5.41) is 16.6. The molecule has 1 aromatic carbocycles. The molecule has 0 bridgehead atoms. The zero-order valence-corrected chi connectivity index (χ0v) is 14.5. The first-order valence-electron chi connectivity index (χ1n) is 8.10. The van der Waals surface area contributed by atoms with E-state index in [1.807, 2.05) is 67.8 Å². The van der Waals surface area contributed by atoms with Crippen molar-refractivity contribution in [1.82, 2.24) is 15.0 Å². The smallest absolute Gasteiger partial charge is 0.253 e. The lowest BCUT2D eigenvalue weighted by Gasteiger charge is -2.16. The van der Waals surface area contributed by atoms with Crippen molar-refractivity contribution in [1.29, 1.82) is 0 Å². The van der Waals surface area contributed by atoms with Gasteiger partial charge in [0.2, 0.25) is 0 Å². The third-order valence-electron chi connectivity index (χ3n) is 4.21. The van der Waals surface area contributed by atoms with Gasteiger partial charge in [-0.05, 0) is 32.4 Å². The fraction of sp³-hybridized carbons (Fsp3) is 0.263. The highest BCUT2D eigenvalue weighted by molar-refractivity contribution is 5.96. The first-order valence-corrected chi connectivity index (χ1v) is 8.10. The van der Waals surface area contributed by atoms with Crippen molar-refractivity contribution in [3.8, 4) is 5.82 Å². The zero-order chi connectivity index (χ0) is 18.0. The predicted molar refractivity (Wildman–Crippen MR) is 93.8 cm³/mol.